The summed E-state index contributed by atoms with van der Waals surface area (Å²) in [6.07, 6.45) is -43.5. The Hall–Kier alpha value is -4.80. The maximum atomic E-state index is 14.1. The zero-order valence-corrected chi connectivity index (χ0v) is 57.8. The highest BCUT2D eigenvalue weighted by Gasteiger charge is 2.56. The molecule has 6 aliphatic rings. The number of ether oxygens (including phenoxy) is 13. The Morgan fingerprint density at radius 2 is 0.971 bits per heavy atom. The standard InChI is InChI=1S/C59H93N3O38S2/c1-7-41(72)83-20-28(69)23-86-54(81)51-49(93-57-32(62-27(5)68)15-36(40(19-65)91-57)97-99-58-45(76)43(74)48(50(94-58)52(78)79)92-56-31(61-26(4)67)13-34(96-82-6)38(17-63)90-56)44(75)46(77)59(95-51)100-98-35-14-30(60-25(3)66)55(89-39(35)18-64)88-37-16-33(71)24(2)87-47(37)53(80)85-22-29(70)21-84-42(73)9-12-102-11-8-10-101/h7,24,28-40,43-51,55-59,63-65,69-71,74-77,101H,1,8-23H2,2-6H3,(H,60,66)(H,61,67)(H,62,68)(H,78,79)/t24?,28?,29-,30-,31-,32-,33?,34-,35-,36-,37+,38-,39-,40-,43?,44?,45?,46?,47?,48+,49+,50?,51?,55+,56-,57-,58?,59?/m0/s1. The van der Waals surface area contributed by atoms with Gasteiger partial charge >= 0.3 is 29.8 Å². The first kappa shape index (κ1) is 86.1. The number of amides is 3. The molecule has 41 nitrogen and oxygen atoms in total. The molecule has 0 bridgehead atoms. The number of thiol groups is 1. The molecule has 584 valence electrons. The fraction of sp³-hybridized carbons (Fsp3) is 0.831. The fourth-order valence-corrected chi connectivity index (χ4v) is 12.4. The first-order chi connectivity index (χ1) is 48.5. The predicted octanol–water partition coefficient (Wildman–Crippen LogP) is -7.40. The summed E-state index contributed by atoms with van der Waals surface area (Å²) in [4.78, 5) is 134. The normalized spacial score (nSPS) is 36.2. The molecule has 43 heteroatoms. The van der Waals surface area contributed by atoms with Crippen LogP contribution in [0.2, 0.25) is 0 Å². The van der Waals surface area contributed by atoms with Crippen LogP contribution in [-0.2, 0) is 129 Å². The van der Waals surface area contributed by atoms with Gasteiger partial charge in [-0.3, -0.25) is 19.2 Å². The summed E-state index contributed by atoms with van der Waals surface area (Å²) in [5, 5.41) is 127. The van der Waals surface area contributed by atoms with Gasteiger partial charge in [0.1, 0.15) is 118 Å². The van der Waals surface area contributed by atoms with Gasteiger partial charge in [-0.25, -0.2) is 48.5 Å². The van der Waals surface area contributed by atoms with Crippen LogP contribution in [0.15, 0.2) is 12.7 Å². The molecule has 0 aromatic carbocycles. The van der Waals surface area contributed by atoms with Crippen LogP contribution in [0.4, 0.5) is 0 Å². The Bertz CT molecular complexity index is 2680. The summed E-state index contributed by atoms with van der Waals surface area (Å²) in [6.45, 7) is 2.60. The van der Waals surface area contributed by atoms with Crippen molar-refractivity contribution in [3.63, 3.8) is 0 Å². The third kappa shape index (κ3) is 25.2. The first-order valence-electron chi connectivity index (χ1n) is 32.4. The van der Waals surface area contributed by atoms with Gasteiger partial charge in [0, 0.05) is 58.3 Å². The van der Waals surface area contributed by atoms with Crippen LogP contribution in [-0.4, -0.2) is 346 Å². The molecule has 0 saturated carbocycles. The SMILES string of the molecule is C=CC(=O)OCC(O)COC(=O)C1OC(OO[C@H]2C[C@H](NC(C)=O)[C@H](O[C@@H]3CC(O)C(C)OC3C(=O)OC[C@@H](O)COC(=O)CCSCCCS)O[C@H]2CO)C(O)C(O)[C@H]1O[C@@H]1O[C@@H](CO)[C@@H](OOC2OC(C(=O)O)[C@H](O[C@@H]3O[C@@H](CO)[C@@H](OOC)C[C@@H]3NC(C)=O)C(O)C2O)C[C@@H]1NC(C)=O. The molecular formula is C59H93N3O38S2. The summed E-state index contributed by atoms with van der Waals surface area (Å²) in [7, 11) is 1.18. The zero-order chi connectivity index (χ0) is 75.1. The van der Waals surface area contributed by atoms with Gasteiger partial charge in [0.05, 0.1) is 63.7 Å². The van der Waals surface area contributed by atoms with E-state index in [-0.39, 0.29) is 19.3 Å². The monoisotopic (exact) mass is 1520 g/mol. The molecule has 28 atom stereocenters. The minimum Gasteiger partial charge on any atom is -0.479 e. The molecule has 12 unspecified atom stereocenters. The average Bonchev–Trinajstić information content (AvgIpc) is 0.789. The van der Waals surface area contributed by atoms with Gasteiger partial charge in [-0.05, 0) is 24.9 Å². The van der Waals surface area contributed by atoms with Crippen LogP contribution in [0.5, 0.6) is 0 Å². The van der Waals surface area contributed by atoms with Crippen molar-refractivity contribution >= 4 is 72.0 Å². The van der Waals surface area contributed by atoms with Gasteiger partial charge in [0.2, 0.25) is 30.3 Å². The Kier molecular flexibility index (Phi) is 35.9. The van der Waals surface area contributed by atoms with E-state index in [1.807, 2.05) is 0 Å². The van der Waals surface area contributed by atoms with Crippen LogP contribution in [0.1, 0.15) is 66.2 Å². The van der Waals surface area contributed by atoms with Crippen molar-refractivity contribution in [1.82, 2.24) is 16.0 Å². The van der Waals surface area contributed by atoms with Crippen molar-refractivity contribution in [2.75, 3.05) is 70.6 Å². The first-order valence-corrected chi connectivity index (χ1v) is 34.2. The Labute approximate surface area is 592 Å². The average molecular weight is 1520 g/mol. The van der Waals surface area contributed by atoms with Crippen molar-refractivity contribution in [3.05, 3.63) is 12.7 Å². The van der Waals surface area contributed by atoms with Gasteiger partial charge in [0.25, 0.3) is 0 Å². The van der Waals surface area contributed by atoms with E-state index in [0.717, 1.165) is 39.0 Å². The number of aliphatic hydroxyl groups excluding tert-OH is 10. The van der Waals surface area contributed by atoms with E-state index in [0.29, 0.717) is 11.5 Å². The molecule has 6 heterocycles. The summed E-state index contributed by atoms with van der Waals surface area (Å²) in [6, 6.07) is -3.86. The van der Waals surface area contributed by atoms with Gasteiger partial charge < -0.3 is 134 Å². The van der Waals surface area contributed by atoms with Gasteiger partial charge in [0.15, 0.2) is 37.2 Å². The third-order valence-corrected chi connectivity index (χ3v) is 17.6. The summed E-state index contributed by atoms with van der Waals surface area (Å²) in [5.41, 5.74) is 0. The minimum atomic E-state index is -2.34. The van der Waals surface area contributed by atoms with Crippen molar-refractivity contribution < 1.29 is 185 Å². The molecule has 0 aromatic rings. The van der Waals surface area contributed by atoms with Crippen molar-refractivity contribution in [1.29, 1.82) is 0 Å². The van der Waals surface area contributed by atoms with E-state index in [4.69, 9.17) is 90.9 Å². The topological polar surface area (TPSA) is 571 Å². The molecular weight excluding hydrogens is 1420 g/mol. The molecule has 102 heavy (non-hydrogen) atoms. The highest BCUT2D eigenvalue weighted by Crippen LogP contribution is 2.36. The lowest BCUT2D eigenvalue weighted by Gasteiger charge is -2.46. The second kappa shape index (κ2) is 42.5. The Morgan fingerprint density at radius 3 is 1.41 bits per heavy atom. The lowest BCUT2D eigenvalue weighted by molar-refractivity contribution is -0.461. The number of hydrogen-bond acceptors (Lipinski definition) is 39. The number of nitrogens with one attached hydrogen (secondary N) is 3. The molecule has 0 spiro atoms. The third-order valence-electron chi connectivity index (χ3n) is 16.2. The lowest BCUT2D eigenvalue weighted by atomic mass is 9.97. The van der Waals surface area contributed by atoms with E-state index >= 15 is 0 Å². The molecule has 14 N–H and O–H groups in total. The summed E-state index contributed by atoms with van der Waals surface area (Å²) in [5.74, 6) is -5.98. The van der Waals surface area contributed by atoms with Crippen LogP contribution < -0.4 is 16.0 Å². The van der Waals surface area contributed by atoms with Crippen molar-refractivity contribution in [2.24, 2.45) is 0 Å². The highest BCUT2D eigenvalue weighted by molar-refractivity contribution is 7.99. The van der Waals surface area contributed by atoms with Gasteiger partial charge in [-0.2, -0.15) is 24.4 Å². The lowest BCUT2D eigenvalue weighted by Crippen LogP contribution is -2.65. The number of rotatable bonds is 38. The van der Waals surface area contributed by atoms with Crippen LogP contribution in [0.25, 0.3) is 0 Å². The van der Waals surface area contributed by atoms with Gasteiger partial charge in [-0.15, -0.1) is 0 Å². The maximum Gasteiger partial charge on any atom is 0.338 e. The molecule has 6 fully saturated rings. The summed E-state index contributed by atoms with van der Waals surface area (Å²) >= 11 is 5.68. The molecule has 6 rings (SSSR count). The fourth-order valence-electron chi connectivity index (χ4n) is 11.2. The number of carboxylic acids is 1. The molecule has 0 radical (unpaired) electrons. The Morgan fingerprint density at radius 1 is 0.539 bits per heavy atom. The van der Waals surface area contributed by atoms with Crippen molar-refractivity contribution in [2.45, 2.75) is 238 Å². The van der Waals surface area contributed by atoms with E-state index in [2.05, 4.69) is 35.2 Å². The smallest absolute Gasteiger partial charge is 0.338 e. The summed E-state index contributed by atoms with van der Waals surface area (Å²) < 4.78 is 73.5. The van der Waals surface area contributed by atoms with E-state index in [1.165, 1.54) is 25.8 Å². The van der Waals surface area contributed by atoms with Crippen molar-refractivity contribution in [3.8, 4) is 0 Å². The second-order valence-electron chi connectivity index (χ2n) is 24.2. The molecule has 6 saturated heterocycles. The zero-order valence-electron chi connectivity index (χ0n) is 56.1. The van der Waals surface area contributed by atoms with E-state index in [9.17, 15) is 94.5 Å². The maximum absolute atomic E-state index is 14.1. The van der Waals surface area contributed by atoms with Gasteiger partial charge in [-0.1, -0.05) is 6.58 Å². The van der Waals surface area contributed by atoms with Crippen LogP contribution >= 0.6 is 24.4 Å². The second-order valence-corrected chi connectivity index (χ2v) is 25.9. The number of aliphatic carboxylic acids is 1. The van der Waals surface area contributed by atoms with Crippen LogP contribution in [0.3, 0.4) is 0 Å². The number of carbonyl (C=O) groups excluding carboxylic acids is 7. The molecule has 0 aromatic heterocycles. The number of carbonyl (C=O) groups is 8. The highest BCUT2D eigenvalue weighted by atomic mass is 32.2. The number of carboxylic acid groups (broad SMARTS) is 1. The predicted molar refractivity (Wildman–Crippen MR) is 333 cm³/mol. The number of hydrogen-bond donors (Lipinski definition) is 15. The molecule has 3 amide bonds. The number of thioether (sulfide) groups is 1. The molecule has 0 aliphatic carbocycles. The van der Waals surface area contributed by atoms with E-state index in [1.54, 1.807) is 0 Å². The Balaban J connectivity index is 1.14. The quantitative estimate of drug-likeness (QED) is 0.00519. The largest absolute Gasteiger partial charge is 0.479 e. The van der Waals surface area contributed by atoms with E-state index < -0.39 is 278 Å². The minimum absolute atomic E-state index is 0.0710. The number of esters is 4. The van der Waals surface area contributed by atoms with Crippen LogP contribution in [0, 0.1) is 0 Å². The number of aliphatic hydroxyl groups is 10. The molecule has 6 aliphatic heterocycles.